The van der Waals surface area contributed by atoms with Crippen molar-refractivity contribution in [1.29, 1.82) is 0 Å². The van der Waals surface area contributed by atoms with Gasteiger partial charge < -0.3 is 29.7 Å². The topological polar surface area (TPSA) is 139 Å². The highest BCUT2D eigenvalue weighted by Gasteiger charge is 2.42. The van der Waals surface area contributed by atoms with Crippen molar-refractivity contribution < 1.29 is 33.4 Å². The Balaban J connectivity index is 1.55. The molecule has 42 heavy (non-hydrogen) atoms. The number of aliphatic imine (C=N–C) groups is 1. The summed E-state index contributed by atoms with van der Waals surface area (Å²) in [6.07, 6.45) is 0.457. The van der Waals surface area contributed by atoms with Crippen molar-refractivity contribution in [2.45, 2.75) is 52.6 Å². The zero-order valence-corrected chi connectivity index (χ0v) is 25.6. The summed E-state index contributed by atoms with van der Waals surface area (Å²) < 4.78 is 15.5. The molecule has 3 amide bonds. The molecule has 0 aromatic heterocycles. The Morgan fingerprint density at radius 2 is 1.71 bits per heavy atom. The molecular formula is C30H43N5O7. The van der Waals surface area contributed by atoms with Crippen molar-refractivity contribution in [3.05, 3.63) is 41.1 Å². The molecule has 0 radical (unpaired) electrons. The summed E-state index contributed by atoms with van der Waals surface area (Å²) in [7, 11) is 2.58. The number of hydrogen-bond acceptors (Lipinski definition) is 9. The molecule has 0 aliphatic carbocycles. The molecular weight excluding hydrogens is 542 g/mol. The normalized spacial score (nSPS) is 19.5. The number of hydrogen-bond donors (Lipinski definition) is 2. The van der Waals surface area contributed by atoms with Gasteiger partial charge in [-0.25, -0.2) is 14.4 Å². The van der Waals surface area contributed by atoms with E-state index >= 15 is 0 Å². The lowest BCUT2D eigenvalue weighted by Crippen LogP contribution is -2.50. The van der Waals surface area contributed by atoms with E-state index in [1.807, 2.05) is 20.8 Å². The number of esters is 2. The molecule has 12 nitrogen and oxygen atoms in total. The highest BCUT2D eigenvalue weighted by molar-refractivity contribution is 6.07. The molecule has 1 aromatic rings. The molecule has 0 bridgehead atoms. The lowest BCUT2D eigenvalue weighted by Gasteiger charge is -2.35. The van der Waals surface area contributed by atoms with E-state index in [1.165, 1.54) is 14.2 Å². The van der Waals surface area contributed by atoms with Gasteiger partial charge in [-0.2, -0.15) is 0 Å². The Morgan fingerprint density at radius 1 is 1.02 bits per heavy atom. The second-order valence-corrected chi connectivity index (χ2v) is 11.4. The number of piperazine rings is 1. The molecule has 12 heteroatoms. The fourth-order valence-corrected chi connectivity index (χ4v) is 5.17. The second kappa shape index (κ2) is 14.3. The maximum Gasteiger partial charge on any atom is 0.410 e. The van der Waals surface area contributed by atoms with Crippen LogP contribution in [0.5, 0.6) is 0 Å². The monoisotopic (exact) mass is 585 g/mol. The van der Waals surface area contributed by atoms with Gasteiger partial charge in [0.25, 0.3) is 0 Å². The van der Waals surface area contributed by atoms with Crippen LogP contribution in [-0.4, -0.2) is 98.7 Å². The Kier molecular flexibility index (Phi) is 11.1. The van der Waals surface area contributed by atoms with Crippen molar-refractivity contribution in [3.8, 4) is 0 Å². The summed E-state index contributed by atoms with van der Waals surface area (Å²) in [5.74, 6) is -2.60. The summed E-state index contributed by atoms with van der Waals surface area (Å²) >= 11 is 0. The first-order chi connectivity index (χ1) is 19.8. The van der Waals surface area contributed by atoms with E-state index in [0.717, 1.165) is 26.1 Å². The molecule has 230 valence electrons. The van der Waals surface area contributed by atoms with E-state index in [-0.39, 0.29) is 17.7 Å². The number of ether oxygens (including phenoxy) is 3. The van der Waals surface area contributed by atoms with Crippen molar-refractivity contribution in [2.75, 3.05) is 58.8 Å². The average molecular weight is 586 g/mol. The number of methoxy groups -OCH3 is 2. The molecule has 2 N–H and O–H groups in total. The number of nitrogens with one attached hydrogen (secondary N) is 2. The molecule has 2 atom stereocenters. The van der Waals surface area contributed by atoms with Crippen molar-refractivity contribution in [1.82, 2.24) is 15.1 Å². The van der Waals surface area contributed by atoms with Gasteiger partial charge in [0, 0.05) is 55.7 Å². The number of carbonyl (C=O) groups is 4. The predicted molar refractivity (Wildman–Crippen MR) is 158 cm³/mol. The summed E-state index contributed by atoms with van der Waals surface area (Å²) in [5, 5.41) is 5.71. The number of rotatable bonds is 8. The van der Waals surface area contributed by atoms with E-state index < -0.39 is 29.4 Å². The third-order valence-electron chi connectivity index (χ3n) is 7.15. The Bertz CT molecular complexity index is 1230. The number of allylic oxidation sites excluding steroid dienone is 1. The average Bonchev–Trinajstić information content (AvgIpc) is 2.93. The van der Waals surface area contributed by atoms with Crippen LogP contribution in [0.4, 0.5) is 15.3 Å². The molecule has 3 rings (SSSR count). The molecule has 2 aliphatic heterocycles. The second-order valence-electron chi connectivity index (χ2n) is 11.4. The van der Waals surface area contributed by atoms with Crippen LogP contribution in [0.15, 0.2) is 40.5 Å². The summed E-state index contributed by atoms with van der Waals surface area (Å²) in [5.41, 5.74) is 1.90. The van der Waals surface area contributed by atoms with Crippen LogP contribution >= 0.6 is 0 Å². The molecule has 0 saturated carbocycles. The lowest BCUT2D eigenvalue weighted by atomic mass is 9.75. The largest absolute Gasteiger partial charge is 0.468 e. The fraction of sp³-hybridized carbons (Fsp3) is 0.567. The van der Waals surface area contributed by atoms with Crippen LogP contribution in [0, 0.1) is 5.92 Å². The minimum Gasteiger partial charge on any atom is -0.468 e. The van der Waals surface area contributed by atoms with Crippen LogP contribution in [0.1, 0.15) is 52.5 Å². The van der Waals surface area contributed by atoms with E-state index in [4.69, 9.17) is 14.2 Å². The Morgan fingerprint density at radius 3 is 2.33 bits per heavy atom. The molecule has 1 aromatic carbocycles. The molecule has 1 fully saturated rings. The van der Waals surface area contributed by atoms with Gasteiger partial charge in [0.1, 0.15) is 11.5 Å². The van der Waals surface area contributed by atoms with Gasteiger partial charge in [-0.3, -0.25) is 14.7 Å². The first kappa shape index (κ1) is 32.6. The van der Waals surface area contributed by atoms with Gasteiger partial charge in [-0.1, -0.05) is 12.1 Å². The van der Waals surface area contributed by atoms with E-state index in [2.05, 4.69) is 20.5 Å². The molecule has 1 saturated heterocycles. The molecule has 2 heterocycles. The predicted octanol–water partition coefficient (Wildman–Crippen LogP) is 3.55. The summed E-state index contributed by atoms with van der Waals surface area (Å²) in [6.45, 7) is 13.0. The molecule has 0 spiro atoms. The Hall–Kier alpha value is -3.93. The Labute approximate surface area is 247 Å². The lowest BCUT2D eigenvalue weighted by molar-refractivity contribution is -0.143. The number of benzene rings is 1. The minimum absolute atomic E-state index is 0.270. The first-order valence-electron chi connectivity index (χ1n) is 14.1. The minimum atomic E-state index is -0.817. The number of urea groups is 1. The van der Waals surface area contributed by atoms with E-state index in [9.17, 15) is 19.2 Å². The van der Waals surface area contributed by atoms with Crippen molar-refractivity contribution in [2.24, 2.45) is 10.9 Å². The standard InChI is InChI=1S/C30H43N5O7/c1-19-23(26(36)40-6)25(24(20(2)32-19)27(37)41-7)21-10-8-11-22(18-21)33-28(38)31-12-9-13-34-14-16-35(17-15-34)29(39)42-30(3,4)5/h8,10-11,18,23,25H,9,12-17H2,1-7H3,(H2,31,33,38). The first-order valence-corrected chi connectivity index (χ1v) is 14.1. The summed E-state index contributed by atoms with van der Waals surface area (Å²) in [4.78, 5) is 58.8. The summed E-state index contributed by atoms with van der Waals surface area (Å²) in [6, 6.07) is 6.65. The maximum atomic E-state index is 12.8. The highest BCUT2D eigenvalue weighted by Crippen LogP contribution is 2.40. The van der Waals surface area contributed by atoms with Gasteiger partial charge >= 0.3 is 24.1 Å². The SMILES string of the molecule is COC(=O)C1=C(C)N=C(C)C(C(=O)OC)C1c1cccc(NC(=O)NCCCN2CCN(C(=O)OC(C)(C)C)CC2)c1. The number of carbonyl (C=O) groups excluding carboxylic acids is 4. The maximum absolute atomic E-state index is 12.8. The smallest absolute Gasteiger partial charge is 0.410 e. The third kappa shape index (κ3) is 8.54. The van der Waals surface area contributed by atoms with E-state index in [0.29, 0.717) is 42.3 Å². The van der Waals surface area contributed by atoms with Crippen LogP contribution in [-0.2, 0) is 23.8 Å². The van der Waals surface area contributed by atoms with Gasteiger partial charge in [0.2, 0.25) is 0 Å². The zero-order valence-electron chi connectivity index (χ0n) is 25.6. The molecule has 2 aliphatic rings. The van der Waals surface area contributed by atoms with Crippen LogP contribution in [0.25, 0.3) is 0 Å². The number of anilines is 1. The van der Waals surface area contributed by atoms with Gasteiger partial charge in [-0.15, -0.1) is 0 Å². The molecule has 2 unspecified atom stereocenters. The van der Waals surface area contributed by atoms with Crippen LogP contribution < -0.4 is 10.6 Å². The van der Waals surface area contributed by atoms with Gasteiger partial charge in [-0.05, 0) is 65.3 Å². The van der Waals surface area contributed by atoms with Crippen LogP contribution in [0.2, 0.25) is 0 Å². The third-order valence-corrected chi connectivity index (χ3v) is 7.15. The van der Waals surface area contributed by atoms with Gasteiger partial charge in [0.15, 0.2) is 0 Å². The number of nitrogens with zero attached hydrogens (tertiary/aromatic N) is 3. The quantitative estimate of drug-likeness (QED) is 0.268. The van der Waals surface area contributed by atoms with Crippen LogP contribution in [0.3, 0.4) is 0 Å². The van der Waals surface area contributed by atoms with Gasteiger partial charge in [0.05, 0.1) is 19.8 Å². The van der Waals surface area contributed by atoms with Crippen molar-refractivity contribution >= 4 is 35.5 Å². The van der Waals surface area contributed by atoms with Crippen molar-refractivity contribution in [3.63, 3.8) is 0 Å². The zero-order chi connectivity index (χ0) is 31.0. The number of amides is 3. The van der Waals surface area contributed by atoms with E-state index in [1.54, 1.807) is 43.0 Å². The fourth-order valence-electron chi connectivity index (χ4n) is 5.17. The highest BCUT2D eigenvalue weighted by atomic mass is 16.6.